The molecule has 0 heterocycles. The second kappa shape index (κ2) is 5.92. The zero-order chi connectivity index (χ0) is 14.6. The normalized spacial score (nSPS) is 11.8. The highest BCUT2D eigenvalue weighted by atomic mass is 35.5. The molecule has 2 aromatic rings. The molecule has 0 unspecified atom stereocenters. The predicted molar refractivity (Wildman–Crippen MR) is 68.8 cm³/mol. The lowest BCUT2D eigenvalue weighted by Gasteiger charge is -2.08. The Bertz CT molecular complexity index is 612. The van der Waals surface area contributed by atoms with Crippen molar-refractivity contribution in [3.05, 3.63) is 53.6 Å². The standard InChI is InChI=1S/C13H8ClF3N2O/c14-11-3-1-2-4-12(11)19-18-9-5-7-10(8-6-9)20-13(15,16)17/h1-8H. The van der Waals surface area contributed by atoms with Gasteiger partial charge in [0.1, 0.15) is 11.4 Å². The van der Waals surface area contributed by atoms with Crippen LogP contribution in [-0.2, 0) is 0 Å². The summed E-state index contributed by atoms with van der Waals surface area (Å²) in [6.45, 7) is 0. The summed E-state index contributed by atoms with van der Waals surface area (Å²) >= 11 is 5.89. The fourth-order valence-electron chi connectivity index (χ4n) is 1.36. The third kappa shape index (κ3) is 4.24. The Balaban J connectivity index is 2.10. The molecule has 0 amide bonds. The van der Waals surface area contributed by atoms with Crippen molar-refractivity contribution in [3.63, 3.8) is 0 Å². The molecule has 0 aliphatic carbocycles. The average molecular weight is 301 g/mol. The second-order valence-electron chi connectivity index (χ2n) is 3.69. The lowest BCUT2D eigenvalue weighted by Crippen LogP contribution is -2.16. The van der Waals surface area contributed by atoms with Crippen LogP contribution >= 0.6 is 11.6 Å². The zero-order valence-corrected chi connectivity index (χ0v) is 10.7. The molecular formula is C13H8ClF3N2O. The molecule has 0 aliphatic rings. The van der Waals surface area contributed by atoms with Crippen LogP contribution in [0.1, 0.15) is 0 Å². The van der Waals surface area contributed by atoms with Crippen molar-refractivity contribution in [2.45, 2.75) is 6.36 Å². The van der Waals surface area contributed by atoms with Crippen LogP contribution in [0.25, 0.3) is 0 Å². The summed E-state index contributed by atoms with van der Waals surface area (Å²) in [5.74, 6) is -0.311. The first kappa shape index (κ1) is 14.3. The van der Waals surface area contributed by atoms with E-state index in [1.54, 1.807) is 24.3 Å². The van der Waals surface area contributed by atoms with E-state index in [0.717, 1.165) is 12.1 Å². The van der Waals surface area contributed by atoms with Crippen molar-refractivity contribution in [1.29, 1.82) is 0 Å². The summed E-state index contributed by atoms with van der Waals surface area (Å²) in [6.07, 6.45) is -4.71. The van der Waals surface area contributed by atoms with Gasteiger partial charge < -0.3 is 4.74 Å². The molecule has 0 fully saturated rings. The highest BCUT2D eigenvalue weighted by Crippen LogP contribution is 2.28. The van der Waals surface area contributed by atoms with Crippen LogP contribution in [0.15, 0.2) is 58.8 Å². The van der Waals surface area contributed by atoms with E-state index in [4.69, 9.17) is 11.6 Å². The molecule has 20 heavy (non-hydrogen) atoms. The Labute approximate surface area is 117 Å². The van der Waals surface area contributed by atoms with Crippen LogP contribution in [0.2, 0.25) is 5.02 Å². The van der Waals surface area contributed by atoms with Crippen molar-refractivity contribution < 1.29 is 17.9 Å². The Hall–Kier alpha value is -2.08. The molecule has 3 nitrogen and oxygen atoms in total. The number of hydrogen-bond acceptors (Lipinski definition) is 3. The van der Waals surface area contributed by atoms with Gasteiger partial charge in [0.2, 0.25) is 0 Å². The summed E-state index contributed by atoms with van der Waals surface area (Å²) in [5, 5.41) is 8.23. The largest absolute Gasteiger partial charge is 0.573 e. The molecule has 0 saturated carbocycles. The van der Waals surface area contributed by atoms with E-state index < -0.39 is 6.36 Å². The number of hydrogen-bond donors (Lipinski definition) is 0. The summed E-state index contributed by atoms with van der Waals surface area (Å²) in [5.41, 5.74) is 0.865. The highest BCUT2D eigenvalue weighted by Gasteiger charge is 2.30. The molecule has 0 spiro atoms. The smallest absolute Gasteiger partial charge is 0.406 e. The molecule has 0 aliphatic heterocycles. The van der Waals surface area contributed by atoms with Gasteiger partial charge in [-0.25, -0.2) is 0 Å². The zero-order valence-electron chi connectivity index (χ0n) is 9.93. The van der Waals surface area contributed by atoms with Crippen LogP contribution in [-0.4, -0.2) is 6.36 Å². The van der Waals surface area contributed by atoms with Crippen molar-refractivity contribution in [2.75, 3.05) is 0 Å². The Morgan fingerprint density at radius 3 is 2.15 bits per heavy atom. The van der Waals surface area contributed by atoms with Gasteiger partial charge in [-0.2, -0.15) is 5.11 Å². The van der Waals surface area contributed by atoms with Crippen LogP contribution in [0.3, 0.4) is 0 Å². The van der Waals surface area contributed by atoms with Gasteiger partial charge in [0.25, 0.3) is 0 Å². The number of rotatable bonds is 3. The van der Waals surface area contributed by atoms with E-state index in [9.17, 15) is 13.2 Å². The second-order valence-corrected chi connectivity index (χ2v) is 4.10. The van der Waals surface area contributed by atoms with Gasteiger partial charge in [-0.15, -0.1) is 18.3 Å². The maximum atomic E-state index is 12.0. The first-order valence-corrected chi connectivity index (χ1v) is 5.84. The van der Waals surface area contributed by atoms with E-state index in [2.05, 4.69) is 15.0 Å². The van der Waals surface area contributed by atoms with Crippen LogP contribution in [0, 0.1) is 0 Å². The van der Waals surface area contributed by atoms with E-state index >= 15 is 0 Å². The third-order valence-corrected chi connectivity index (χ3v) is 2.52. The first-order valence-electron chi connectivity index (χ1n) is 5.46. The van der Waals surface area contributed by atoms with Gasteiger partial charge in [-0.05, 0) is 36.4 Å². The van der Waals surface area contributed by atoms with E-state index in [1.807, 2.05) is 0 Å². The number of benzene rings is 2. The SMILES string of the molecule is FC(F)(F)Oc1ccc(N=Nc2ccccc2Cl)cc1. The molecule has 0 radical (unpaired) electrons. The van der Waals surface area contributed by atoms with E-state index in [-0.39, 0.29) is 5.75 Å². The topological polar surface area (TPSA) is 34.0 Å². The Kier molecular flexibility index (Phi) is 4.24. The van der Waals surface area contributed by atoms with Crippen molar-refractivity contribution >= 4 is 23.0 Å². The van der Waals surface area contributed by atoms with Crippen molar-refractivity contribution in [1.82, 2.24) is 0 Å². The summed E-state index contributed by atoms with van der Waals surface area (Å²) in [4.78, 5) is 0. The van der Waals surface area contributed by atoms with Gasteiger partial charge in [-0.3, -0.25) is 0 Å². The molecule has 104 valence electrons. The Morgan fingerprint density at radius 2 is 1.55 bits per heavy atom. The number of azo groups is 1. The quantitative estimate of drug-likeness (QED) is 0.674. The van der Waals surface area contributed by atoms with Gasteiger partial charge in [0, 0.05) is 0 Å². The summed E-state index contributed by atoms with van der Waals surface area (Å²) in [7, 11) is 0. The number of ether oxygens (including phenoxy) is 1. The summed E-state index contributed by atoms with van der Waals surface area (Å²) < 4.78 is 39.7. The van der Waals surface area contributed by atoms with Gasteiger partial charge >= 0.3 is 6.36 Å². The van der Waals surface area contributed by atoms with E-state index in [1.165, 1.54) is 12.1 Å². The van der Waals surface area contributed by atoms with Crippen molar-refractivity contribution in [3.8, 4) is 5.75 Å². The molecule has 7 heteroatoms. The Morgan fingerprint density at radius 1 is 0.900 bits per heavy atom. The third-order valence-electron chi connectivity index (χ3n) is 2.20. The number of nitrogens with zero attached hydrogens (tertiary/aromatic N) is 2. The maximum absolute atomic E-state index is 12.0. The molecule has 0 atom stereocenters. The highest BCUT2D eigenvalue weighted by molar-refractivity contribution is 6.32. The number of halogens is 4. The number of alkyl halides is 3. The minimum absolute atomic E-state index is 0.311. The average Bonchev–Trinajstić information content (AvgIpc) is 2.38. The predicted octanol–water partition coefficient (Wildman–Crippen LogP) is 5.65. The summed E-state index contributed by atoms with van der Waals surface area (Å²) in [6, 6.07) is 11.9. The molecule has 0 bridgehead atoms. The van der Waals surface area contributed by atoms with Crippen LogP contribution in [0.4, 0.5) is 24.5 Å². The van der Waals surface area contributed by atoms with Gasteiger partial charge in [-0.1, -0.05) is 23.7 Å². The molecule has 2 aromatic carbocycles. The lowest BCUT2D eigenvalue weighted by atomic mass is 10.3. The maximum Gasteiger partial charge on any atom is 0.573 e. The minimum atomic E-state index is -4.71. The fraction of sp³-hybridized carbons (Fsp3) is 0.0769. The lowest BCUT2D eigenvalue weighted by molar-refractivity contribution is -0.274. The molecular weight excluding hydrogens is 293 g/mol. The van der Waals surface area contributed by atoms with E-state index in [0.29, 0.717) is 16.4 Å². The van der Waals surface area contributed by atoms with Crippen LogP contribution < -0.4 is 4.74 Å². The molecule has 0 aromatic heterocycles. The fourth-order valence-corrected chi connectivity index (χ4v) is 1.53. The molecule has 0 saturated heterocycles. The van der Waals surface area contributed by atoms with Gasteiger partial charge in [0.05, 0.1) is 10.7 Å². The monoisotopic (exact) mass is 300 g/mol. The minimum Gasteiger partial charge on any atom is -0.406 e. The van der Waals surface area contributed by atoms with Crippen molar-refractivity contribution in [2.24, 2.45) is 10.2 Å². The molecule has 2 rings (SSSR count). The first-order chi connectivity index (χ1) is 9.44. The van der Waals surface area contributed by atoms with Crippen LogP contribution in [0.5, 0.6) is 5.75 Å². The molecule has 0 N–H and O–H groups in total. The van der Waals surface area contributed by atoms with Gasteiger partial charge in [0.15, 0.2) is 0 Å².